The van der Waals surface area contributed by atoms with E-state index in [4.69, 9.17) is 4.74 Å². The molecule has 0 spiro atoms. The highest BCUT2D eigenvalue weighted by Gasteiger charge is 2.49. The summed E-state index contributed by atoms with van der Waals surface area (Å²) >= 11 is 0. The van der Waals surface area contributed by atoms with Crippen molar-refractivity contribution in [2.45, 2.75) is 88.9 Å². The maximum absolute atomic E-state index is 11.8. The maximum Gasteiger partial charge on any atom is 0.320 e. The lowest BCUT2D eigenvalue weighted by molar-refractivity contribution is -0.148. The third kappa shape index (κ3) is 2.85. The molecule has 0 radical (unpaired) electrons. The molecule has 21 heavy (non-hydrogen) atoms. The molecule has 3 aliphatic rings. The molecule has 1 aliphatic carbocycles. The Morgan fingerprint density at radius 3 is 2.81 bits per heavy atom. The summed E-state index contributed by atoms with van der Waals surface area (Å²) in [5.74, 6) is -0.00956. The molecule has 3 fully saturated rings. The first-order valence-corrected chi connectivity index (χ1v) is 8.68. The molecule has 5 atom stereocenters. The quantitative estimate of drug-likeness (QED) is 0.869. The van der Waals surface area contributed by atoms with Gasteiger partial charge in [-0.05, 0) is 51.4 Å². The molecule has 4 nitrogen and oxygen atoms in total. The Morgan fingerprint density at radius 1 is 1.33 bits per heavy atom. The second-order valence-electron chi connectivity index (χ2n) is 7.45. The first-order chi connectivity index (χ1) is 10.0. The van der Waals surface area contributed by atoms with Crippen molar-refractivity contribution in [2.24, 2.45) is 5.92 Å². The van der Waals surface area contributed by atoms with E-state index >= 15 is 0 Å². The topological polar surface area (TPSA) is 49.8 Å². The highest BCUT2D eigenvalue weighted by molar-refractivity contribution is 5.74. The van der Waals surface area contributed by atoms with Gasteiger partial charge < -0.3 is 9.84 Å². The van der Waals surface area contributed by atoms with E-state index in [9.17, 15) is 9.90 Å². The number of fused-ring (bicyclic) bond motifs is 1. The first-order valence-electron chi connectivity index (χ1n) is 8.68. The number of likely N-dealkylation sites (tertiary alicyclic amines) is 1. The molecule has 0 aromatic rings. The van der Waals surface area contributed by atoms with Crippen LogP contribution < -0.4 is 0 Å². The average molecular weight is 295 g/mol. The van der Waals surface area contributed by atoms with Crippen molar-refractivity contribution in [2.75, 3.05) is 6.61 Å². The van der Waals surface area contributed by atoms with E-state index in [0.717, 1.165) is 32.3 Å². The van der Waals surface area contributed by atoms with Crippen LogP contribution >= 0.6 is 0 Å². The highest BCUT2D eigenvalue weighted by atomic mass is 16.5. The van der Waals surface area contributed by atoms with Gasteiger partial charge in [0.2, 0.25) is 0 Å². The number of carboxylic acid groups (broad SMARTS) is 1. The molecular formula is C17H29NO3. The van der Waals surface area contributed by atoms with E-state index in [1.807, 2.05) is 0 Å². The van der Waals surface area contributed by atoms with E-state index in [-0.39, 0.29) is 11.6 Å². The van der Waals surface area contributed by atoms with Crippen molar-refractivity contribution in [3.63, 3.8) is 0 Å². The molecule has 0 aromatic heterocycles. The molecule has 0 aromatic carbocycles. The average Bonchev–Trinajstić information content (AvgIpc) is 2.87. The predicted octanol–water partition coefficient (Wildman–Crippen LogP) is 3.05. The minimum atomic E-state index is -0.617. The molecule has 3 rings (SSSR count). The molecule has 2 aliphatic heterocycles. The van der Waals surface area contributed by atoms with Crippen LogP contribution in [-0.4, -0.2) is 46.3 Å². The lowest BCUT2D eigenvalue weighted by atomic mass is 9.83. The monoisotopic (exact) mass is 295 g/mol. The van der Waals surface area contributed by atoms with Gasteiger partial charge in [-0.25, -0.2) is 0 Å². The molecule has 5 unspecified atom stereocenters. The Morgan fingerprint density at radius 2 is 2.10 bits per heavy atom. The van der Waals surface area contributed by atoms with Crippen LogP contribution in [0.2, 0.25) is 0 Å². The largest absolute Gasteiger partial charge is 0.480 e. The van der Waals surface area contributed by atoms with Crippen molar-refractivity contribution >= 4 is 5.97 Å². The van der Waals surface area contributed by atoms with Gasteiger partial charge in [0.05, 0.1) is 5.60 Å². The second kappa shape index (κ2) is 5.88. The van der Waals surface area contributed by atoms with Crippen LogP contribution in [0.25, 0.3) is 0 Å². The zero-order valence-electron chi connectivity index (χ0n) is 13.4. The Bertz CT molecular complexity index is 399. The third-order valence-electron chi connectivity index (χ3n) is 6.16. The molecule has 120 valence electrons. The highest BCUT2D eigenvalue weighted by Crippen LogP contribution is 2.44. The SMILES string of the molecule is CCC1(C)CC(N2C(C(=O)O)CC3CCCCC32)CCO1. The van der Waals surface area contributed by atoms with Crippen LogP contribution in [0.15, 0.2) is 0 Å². The van der Waals surface area contributed by atoms with Gasteiger partial charge >= 0.3 is 5.97 Å². The van der Waals surface area contributed by atoms with E-state index in [1.165, 1.54) is 25.7 Å². The van der Waals surface area contributed by atoms with Crippen LogP contribution in [0.4, 0.5) is 0 Å². The Labute approximate surface area is 127 Å². The van der Waals surface area contributed by atoms with Gasteiger partial charge in [0.1, 0.15) is 6.04 Å². The fourth-order valence-electron chi connectivity index (χ4n) is 4.85. The fraction of sp³-hybridized carbons (Fsp3) is 0.941. The normalized spacial score (nSPS) is 44.5. The maximum atomic E-state index is 11.8. The lowest BCUT2D eigenvalue weighted by Crippen LogP contribution is -2.54. The van der Waals surface area contributed by atoms with E-state index in [1.54, 1.807) is 0 Å². The molecule has 4 heteroatoms. The summed E-state index contributed by atoms with van der Waals surface area (Å²) in [6.45, 7) is 5.13. The van der Waals surface area contributed by atoms with Gasteiger partial charge in [0.25, 0.3) is 0 Å². The van der Waals surface area contributed by atoms with Crippen molar-refractivity contribution in [1.29, 1.82) is 0 Å². The summed E-state index contributed by atoms with van der Waals surface area (Å²) in [5, 5.41) is 9.68. The fourth-order valence-corrected chi connectivity index (χ4v) is 4.85. The Balaban J connectivity index is 1.81. The molecule has 2 heterocycles. The van der Waals surface area contributed by atoms with E-state index in [2.05, 4.69) is 18.7 Å². The second-order valence-corrected chi connectivity index (χ2v) is 7.45. The van der Waals surface area contributed by atoms with Crippen molar-refractivity contribution in [1.82, 2.24) is 4.90 Å². The van der Waals surface area contributed by atoms with Gasteiger partial charge in [-0.15, -0.1) is 0 Å². The Kier molecular flexibility index (Phi) is 4.28. The van der Waals surface area contributed by atoms with Gasteiger partial charge in [-0.3, -0.25) is 9.69 Å². The standard InChI is InChI=1S/C17H29NO3/c1-3-17(2)11-13(8-9-21-17)18-14-7-5-4-6-12(14)10-15(18)16(19)20/h12-15H,3-11H2,1-2H3,(H,19,20). The predicted molar refractivity (Wildman–Crippen MR) is 81.3 cm³/mol. The molecule has 0 amide bonds. The molecule has 2 saturated heterocycles. The number of hydrogen-bond acceptors (Lipinski definition) is 3. The van der Waals surface area contributed by atoms with Gasteiger partial charge in [-0.1, -0.05) is 19.8 Å². The van der Waals surface area contributed by atoms with Gasteiger partial charge in [0, 0.05) is 18.7 Å². The minimum absolute atomic E-state index is 0.0707. The van der Waals surface area contributed by atoms with Crippen molar-refractivity contribution < 1.29 is 14.6 Å². The lowest BCUT2D eigenvalue weighted by Gasteiger charge is -2.45. The van der Waals surface area contributed by atoms with Crippen LogP contribution in [-0.2, 0) is 9.53 Å². The first kappa shape index (κ1) is 15.3. The third-order valence-corrected chi connectivity index (χ3v) is 6.16. The number of aliphatic carboxylic acids is 1. The summed E-state index contributed by atoms with van der Waals surface area (Å²) in [4.78, 5) is 14.1. The van der Waals surface area contributed by atoms with Crippen LogP contribution in [0.1, 0.15) is 65.2 Å². The number of carbonyl (C=O) groups is 1. The van der Waals surface area contributed by atoms with Gasteiger partial charge in [-0.2, -0.15) is 0 Å². The van der Waals surface area contributed by atoms with Crippen LogP contribution in [0.3, 0.4) is 0 Å². The van der Waals surface area contributed by atoms with Crippen LogP contribution in [0.5, 0.6) is 0 Å². The summed E-state index contributed by atoms with van der Waals surface area (Å²) < 4.78 is 5.96. The zero-order chi connectivity index (χ0) is 15.0. The molecule has 0 bridgehead atoms. The number of rotatable bonds is 3. The van der Waals surface area contributed by atoms with Crippen molar-refractivity contribution in [3.05, 3.63) is 0 Å². The minimum Gasteiger partial charge on any atom is -0.480 e. The van der Waals surface area contributed by atoms with Gasteiger partial charge in [0.15, 0.2) is 0 Å². The zero-order valence-corrected chi connectivity index (χ0v) is 13.4. The van der Waals surface area contributed by atoms with Crippen molar-refractivity contribution in [3.8, 4) is 0 Å². The molecular weight excluding hydrogens is 266 g/mol. The summed E-state index contributed by atoms with van der Waals surface area (Å²) in [6, 6.07) is 0.629. The smallest absolute Gasteiger partial charge is 0.320 e. The van der Waals surface area contributed by atoms with Crippen LogP contribution in [0, 0.1) is 5.92 Å². The number of ether oxygens (including phenoxy) is 1. The summed E-state index contributed by atoms with van der Waals surface area (Å²) in [6.07, 6.45) is 8.79. The molecule has 1 N–H and O–H groups in total. The summed E-state index contributed by atoms with van der Waals surface area (Å²) in [5.41, 5.74) is -0.0707. The van der Waals surface area contributed by atoms with E-state index in [0.29, 0.717) is 18.0 Å². The Hall–Kier alpha value is -0.610. The molecule has 1 saturated carbocycles. The number of hydrogen-bond donors (Lipinski definition) is 1. The number of nitrogens with zero attached hydrogens (tertiary/aromatic N) is 1. The van der Waals surface area contributed by atoms with E-state index < -0.39 is 5.97 Å². The number of carboxylic acids is 1. The summed E-state index contributed by atoms with van der Waals surface area (Å²) in [7, 11) is 0.